The van der Waals surface area contributed by atoms with Crippen LogP contribution in [0.15, 0.2) is 35.1 Å². The van der Waals surface area contributed by atoms with E-state index in [9.17, 15) is 9.90 Å². The standard InChI is InChI=1S/C14H17ClN2O3/c1-14(2,3)17-13(19)12(15)11(8-16)20-10-6-4-9(18)5-7-10/h4-8,16,18H,1-3H3,(H,17,19)/b12-11-,16-8?. The Bertz CT molecular complexity index is 530. The summed E-state index contributed by atoms with van der Waals surface area (Å²) in [4.78, 5) is 11.9. The fourth-order valence-electron chi connectivity index (χ4n) is 1.29. The largest absolute Gasteiger partial charge is 0.508 e. The van der Waals surface area contributed by atoms with Crippen molar-refractivity contribution in [3.63, 3.8) is 0 Å². The topological polar surface area (TPSA) is 82.4 Å². The van der Waals surface area contributed by atoms with E-state index in [1.807, 2.05) is 20.8 Å². The van der Waals surface area contributed by atoms with Crippen LogP contribution < -0.4 is 10.1 Å². The van der Waals surface area contributed by atoms with Crippen LogP contribution in [0, 0.1) is 5.41 Å². The number of hydrogen-bond acceptors (Lipinski definition) is 4. The van der Waals surface area contributed by atoms with Gasteiger partial charge in [0.25, 0.3) is 5.91 Å². The zero-order valence-corrected chi connectivity index (χ0v) is 12.3. The number of allylic oxidation sites excluding steroid dienone is 1. The number of phenols is 1. The van der Waals surface area contributed by atoms with Crippen LogP contribution in [0.25, 0.3) is 0 Å². The second-order valence-corrected chi connectivity index (χ2v) is 5.50. The molecule has 1 aromatic rings. The molecular weight excluding hydrogens is 280 g/mol. The Hall–Kier alpha value is -2.01. The van der Waals surface area contributed by atoms with Crippen molar-refractivity contribution in [3.8, 4) is 11.5 Å². The molecule has 3 N–H and O–H groups in total. The zero-order chi connectivity index (χ0) is 15.3. The fraction of sp³-hybridized carbons (Fsp3) is 0.286. The van der Waals surface area contributed by atoms with E-state index in [0.717, 1.165) is 6.21 Å². The molecule has 20 heavy (non-hydrogen) atoms. The number of aromatic hydroxyl groups is 1. The van der Waals surface area contributed by atoms with E-state index >= 15 is 0 Å². The minimum Gasteiger partial charge on any atom is -0.508 e. The molecule has 108 valence electrons. The Kier molecular flexibility index (Phi) is 5.16. The molecule has 0 heterocycles. The van der Waals surface area contributed by atoms with E-state index in [4.69, 9.17) is 21.7 Å². The van der Waals surface area contributed by atoms with Crippen LogP contribution in [0.2, 0.25) is 0 Å². The smallest absolute Gasteiger partial charge is 0.267 e. The third kappa shape index (κ3) is 4.93. The molecule has 0 aromatic heterocycles. The number of halogens is 1. The average Bonchev–Trinajstić information content (AvgIpc) is 2.35. The predicted molar refractivity (Wildman–Crippen MR) is 78.3 cm³/mol. The van der Waals surface area contributed by atoms with Crippen molar-refractivity contribution in [2.45, 2.75) is 26.3 Å². The molecule has 0 aliphatic carbocycles. The monoisotopic (exact) mass is 296 g/mol. The molecule has 6 heteroatoms. The molecule has 0 aliphatic heterocycles. The number of carbonyl (C=O) groups is 1. The number of carbonyl (C=O) groups excluding carboxylic acids is 1. The number of benzene rings is 1. The van der Waals surface area contributed by atoms with Gasteiger partial charge in [-0.25, -0.2) is 0 Å². The SMILES string of the molecule is CC(C)(C)NC(=O)/C(Cl)=C(\C=N)Oc1ccc(O)cc1. The number of nitrogens with one attached hydrogen (secondary N) is 2. The summed E-state index contributed by atoms with van der Waals surface area (Å²) in [5, 5.41) is 18.9. The van der Waals surface area contributed by atoms with Gasteiger partial charge in [0, 0.05) is 5.54 Å². The molecular formula is C14H17ClN2O3. The minimum atomic E-state index is -0.517. The molecule has 1 aromatic carbocycles. The van der Waals surface area contributed by atoms with Crippen LogP contribution in [0.1, 0.15) is 20.8 Å². The lowest BCUT2D eigenvalue weighted by Gasteiger charge is -2.20. The molecule has 1 rings (SSSR count). The Balaban J connectivity index is 2.92. The van der Waals surface area contributed by atoms with Gasteiger partial charge in [-0.15, -0.1) is 0 Å². The third-order valence-corrected chi connectivity index (χ3v) is 2.46. The summed E-state index contributed by atoms with van der Waals surface area (Å²) in [6.45, 7) is 5.46. The quantitative estimate of drug-likeness (QED) is 0.454. The van der Waals surface area contributed by atoms with Crippen molar-refractivity contribution in [2.24, 2.45) is 0 Å². The van der Waals surface area contributed by atoms with Gasteiger partial charge in [-0.1, -0.05) is 11.6 Å². The second-order valence-electron chi connectivity index (χ2n) is 5.12. The Morgan fingerprint density at radius 1 is 1.35 bits per heavy atom. The van der Waals surface area contributed by atoms with E-state index in [1.54, 1.807) is 0 Å². The molecule has 0 aliphatic rings. The lowest BCUT2D eigenvalue weighted by Crippen LogP contribution is -2.41. The van der Waals surface area contributed by atoms with Crippen LogP contribution in [0.4, 0.5) is 0 Å². The molecule has 0 atom stereocenters. The third-order valence-electron chi connectivity index (χ3n) is 2.10. The van der Waals surface area contributed by atoms with E-state index in [1.165, 1.54) is 24.3 Å². The lowest BCUT2D eigenvalue weighted by molar-refractivity contribution is -0.118. The summed E-state index contributed by atoms with van der Waals surface area (Å²) in [5.74, 6) is -0.132. The number of phenolic OH excluding ortho intramolecular Hbond substituents is 1. The van der Waals surface area contributed by atoms with Crippen LogP contribution >= 0.6 is 11.6 Å². The molecule has 1 amide bonds. The summed E-state index contributed by atoms with van der Waals surface area (Å²) >= 11 is 5.93. The minimum absolute atomic E-state index is 0.0703. The number of rotatable bonds is 4. The highest BCUT2D eigenvalue weighted by Gasteiger charge is 2.19. The van der Waals surface area contributed by atoms with Gasteiger partial charge in [0.05, 0.1) is 6.21 Å². The van der Waals surface area contributed by atoms with Gasteiger partial charge in [0.1, 0.15) is 16.5 Å². The van der Waals surface area contributed by atoms with E-state index in [0.29, 0.717) is 5.75 Å². The van der Waals surface area contributed by atoms with Crippen molar-refractivity contribution in [1.82, 2.24) is 5.32 Å². The Morgan fingerprint density at radius 3 is 2.35 bits per heavy atom. The van der Waals surface area contributed by atoms with Gasteiger partial charge in [0.15, 0.2) is 5.76 Å². The zero-order valence-electron chi connectivity index (χ0n) is 11.5. The van der Waals surface area contributed by atoms with E-state index < -0.39 is 11.4 Å². The van der Waals surface area contributed by atoms with Crippen molar-refractivity contribution in [3.05, 3.63) is 35.1 Å². The molecule has 0 fully saturated rings. The first kappa shape index (κ1) is 16.0. The van der Waals surface area contributed by atoms with Gasteiger partial charge < -0.3 is 20.6 Å². The maximum absolute atomic E-state index is 11.9. The molecule has 0 unspecified atom stereocenters. The first-order valence-corrected chi connectivity index (χ1v) is 6.30. The molecule has 0 radical (unpaired) electrons. The van der Waals surface area contributed by atoms with Crippen LogP contribution in [-0.2, 0) is 4.79 Å². The Morgan fingerprint density at radius 2 is 1.90 bits per heavy atom. The first-order valence-electron chi connectivity index (χ1n) is 5.92. The number of amides is 1. The van der Waals surface area contributed by atoms with Crippen molar-refractivity contribution >= 4 is 23.7 Å². The maximum atomic E-state index is 11.9. The normalized spacial score (nSPS) is 12.4. The number of hydrogen-bond donors (Lipinski definition) is 3. The lowest BCUT2D eigenvalue weighted by atomic mass is 10.1. The molecule has 0 spiro atoms. The van der Waals surface area contributed by atoms with Gasteiger partial charge in [0.2, 0.25) is 0 Å². The molecule has 0 bridgehead atoms. The highest BCUT2D eigenvalue weighted by atomic mass is 35.5. The van der Waals surface area contributed by atoms with Gasteiger partial charge in [-0.05, 0) is 45.0 Å². The van der Waals surface area contributed by atoms with Crippen molar-refractivity contribution in [2.75, 3.05) is 0 Å². The van der Waals surface area contributed by atoms with Crippen molar-refractivity contribution in [1.29, 1.82) is 5.41 Å². The summed E-state index contributed by atoms with van der Waals surface area (Å²) in [6.07, 6.45) is 0.859. The van der Waals surface area contributed by atoms with E-state index in [2.05, 4.69) is 5.32 Å². The predicted octanol–water partition coefficient (Wildman–Crippen LogP) is 2.79. The maximum Gasteiger partial charge on any atom is 0.267 e. The van der Waals surface area contributed by atoms with E-state index in [-0.39, 0.29) is 16.5 Å². The van der Waals surface area contributed by atoms with Crippen LogP contribution in [-0.4, -0.2) is 22.8 Å². The van der Waals surface area contributed by atoms with Gasteiger partial charge in [-0.3, -0.25) is 4.79 Å². The highest BCUT2D eigenvalue weighted by Crippen LogP contribution is 2.20. The highest BCUT2D eigenvalue weighted by molar-refractivity contribution is 6.43. The summed E-state index contributed by atoms with van der Waals surface area (Å²) in [5.41, 5.74) is -0.442. The average molecular weight is 297 g/mol. The Labute approximate surface area is 122 Å². The first-order chi connectivity index (χ1) is 9.23. The number of ether oxygens (including phenoxy) is 1. The molecule has 0 saturated carbocycles. The van der Waals surface area contributed by atoms with Crippen LogP contribution in [0.5, 0.6) is 11.5 Å². The summed E-state index contributed by atoms with van der Waals surface area (Å²) < 4.78 is 5.35. The van der Waals surface area contributed by atoms with Gasteiger partial charge >= 0.3 is 0 Å². The summed E-state index contributed by atoms with van der Waals surface area (Å²) in [6, 6.07) is 5.87. The summed E-state index contributed by atoms with van der Waals surface area (Å²) in [7, 11) is 0. The van der Waals surface area contributed by atoms with Gasteiger partial charge in [-0.2, -0.15) is 0 Å². The van der Waals surface area contributed by atoms with Crippen molar-refractivity contribution < 1.29 is 14.6 Å². The van der Waals surface area contributed by atoms with Crippen LogP contribution in [0.3, 0.4) is 0 Å². The molecule has 5 nitrogen and oxygen atoms in total. The fourth-order valence-corrected chi connectivity index (χ4v) is 1.43. The molecule has 0 saturated heterocycles. The second kappa shape index (κ2) is 6.43.